The highest BCUT2D eigenvalue weighted by Gasteiger charge is 2.33. The molecule has 0 spiro atoms. The highest BCUT2D eigenvalue weighted by atomic mass is 16.5. The predicted octanol–water partition coefficient (Wildman–Crippen LogP) is 3.59. The number of carbonyl (C=O) groups is 1. The van der Waals surface area contributed by atoms with Gasteiger partial charge in [-0.2, -0.15) is 0 Å². The number of hydrogen-bond donors (Lipinski definition) is 0. The minimum absolute atomic E-state index is 0.386. The van der Waals surface area contributed by atoms with Crippen molar-refractivity contribution in [2.75, 3.05) is 6.61 Å². The number of ether oxygens (including phenoxy) is 1. The lowest BCUT2D eigenvalue weighted by molar-refractivity contribution is -0.127. The SMILES string of the molecule is CCOC1CC(CC(=O)C2CCC(C)CC2)C1. The van der Waals surface area contributed by atoms with Gasteiger partial charge in [-0.25, -0.2) is 0 Å². The Labute approximate surface area is 105 Å². The minimum atomic E-state index is 0.386. The Morgan fingerprint density at radius 1 is 1.18 bits per heavy atom. The summed E-state index contributed by atoms with van der Waals surface area (Å²) >= 11 is 0. The van der Waals surface area contributed by atoms with Crippen molar-refractivity contribution in [1.29, 1.82) is 0 Å². The second-order valence-electron chi connectivity index (χ2n) is 6.04. The highest BCUT2D eigenvalue weighted by molar-refractivity contribution is 5.81. The topological polar surface area (TPSA) is 26.3 Å². The van der Waals surface area contributed by atoms with Gasteiger partial charge in [0.05, 0.1) is 6.10 Å². The van der Waals surface area contributed by atoms with Crippen molar-refractivity contribution in [3.05, 3.63) is 0 Å². The maximum atomic E-state index is 12.1. The van der Waals surface area contributed by atoms with Gasteiger partial charge in [0.2, 0.25) is 0 Å². The molecule has 2 aliphatic carbocycles. The number of Topliss-reactive ketones (excluding diaryl/α,β-unsaturated/α-hetero) is 1. The molecule has 0 N–H and O–H groups in total. The lowest BCUT2D eigenvalue weighted by atomic mass is 9.74. The van der Waals surface area contributed by atoms with Crippen LogP contribution in [0, 0.1) is 17.8 Å². The van der Waals surface area contributed by atoms with Crippen LogP contribution < -0.4 is 0 Å². The Kier molecular flexibility index (Phi) is 4.61. The molecule has 0 aromatic carbocycles. The van der Waals surface area contributed by atoms with Gasteiger partial charge in [-0.1, -0.05) is 19.8 Å². The third kappa shape index (κ3) is 3.54. The van der Waals surface area contributed by atoms with E-state index in [-0.39, 0.29) is 0 Å². The Hall–Kier alpha value is -0.370. The second-order valence-corrected chi connectivity index (χ2v) is 6.04. The number of carbonyl (C=O) groups excluding carboxylic acids is 1. The van der Waals surface area contributed by atoms with Crippen LogP contribution in [-0.4, -0.2) is 18.5 Å². The summed E-state index contributed by atoms with van der Waals surface area (Å²) in [5, 5.41) is 0. The average Bonchev–Trinajstić information content (AvgIpc) is 2.27. The fraction of sp³-hybridized carbons (Fsp3) is 0.933. The normalized spacial score (nSPS) is 37.5. The van der Waals surface area contributed by atoms with E-state index in [2.05, 4.69) is 6.92 Å². The van der Waals surface area contributed by atoms with E-state index in [1.165, 1.54) is 12.8 Å². The molecule has 0 aromatic rings. The van der Waals surface area contributed by atoms with Gasteiger partial charge < -0.3 is 4.74 Å². The summed E-state index contributed by atoms with van der Waals surface area (Å²) in [7, 11) is 0. The van der Waals surface area contributed by atoms with E-state index in [1.807, 2.05) is 6.92 Å². The van der Waals surface area contributed by atoms with Crippen LogP contribution in [0.5, 0.6) is 0 Å². The van der Waals surface area contributed by atoms with Crippen LogP contribution in [0.1, 0.15) is 58.8 Å². The summed E-state index contributed by atoms with van der Waals surface area (Å²) < 4.78 is 5.54. The quantitative estimate of drug-likeness (QED) is 0.731. The minimum Gasteiger partial charge on any atom is -0.378 e. The average molecular weight is 238 g/mol. The maximum absolute atomic E-state index is 12.1. The van der Waals surface area contributed by atoms with Crippen molar-refractivity contribution in [1.82, 2.24) is 0 Å². The zero-order valence-corrected chi connectivity index (χ0v) is 11.3. The van der Waals surface area contributed by atoms with Gasteiger partial charge in [0, 0.05) is 18.9 Å². The van der Waals surface area contributed by atoms with Gasteiger partial charge in [0.15, 0.2) is 0 Å². The molecule has 98 valence electrons. The van der Waals surface area contributed by atoms with Crippen molar-refractivity contribution in [2.24, 2.45) is 17.8 Å². The lowest BCUT2D eigenvalue weighted by Crippen LogP contribution is -2.34. The van der Waals surface area contributed by atoms with Gasteiger partial charge in [0.1, 0.15) is 5.78 Å². The van der Waals surface area contributed by atoms with Crippen molar-refractivity contribution in [3.63, 3.8) is 0 Å². The first-order valence-electron chi connectivity index (χ1n) is 7.33. The molecule has 0 bridgehead atoms. The van der Waals surface area contributed by atoms with Gasteiger partial charge >= 0.3 is 0 Å². The molecule has 0 atom stereocenters. The molecule has 0 aliphatic heterocycles. The predicted molar refractivity (Wildman–Crippen MR) is 68.9 cm³/mol. The van der Waals surface area contributed by atoms with Gasteiger partial charge in [-0.05, 0) is 44.4 Å². The summed E-state index contributed by atoms with van der Waals surface area (Å²) in [6.45, 7) is 5.16. The summed E-state index contributed by atoms with van der Waals surface area (Å²) in [6, 6.07) is 0. The zero-order valence-electron chi connectivity index (χ0n) is 11.3. The molecule has 2 aliphatic rings. The Bertz CT molecular complexity index is 248. The molecule has 0 heterocycles. The van der Waals surface area contributed by atoms with Crippen LogP contribution in [-0.2, 0) is 9.53 Å². The second kappa shape index (κ2) is 5.99. The zero-order chi connectivity index (χ0) is 12.3. The smallest absolute Gasteiger partial charge is 0.136 e. The van der Waals surface area contributed by atoms with Crippen molar-refractivity contribution < 1.29 is 9.53 Å². The van der Waals surface area contributed by atoms with Gasteiger partial charge in [-0.3, -0.25) is 4.79 Å². The van der Waals surface area contributed by atoms with E-state index >= 15 is 0 Å². The lowest BCUT2D eigenvalue weighted by Gasteiger charge is -2.35. The Morgan fingerprint density at radius 3 is 2.41 bits per heavy atom. The van der Waals surface area contributed by atoms with Crippen LogP contribution in [0.4, 0.5) is 0 Å². The fourth-order valence-corrected chi connectivity index (χ4v) is 3.25. The first-order valence-corrected chi connectivity index (χ1v) is 7.33. The van der Waals surface area contributed by atoms with Crippen LogP contribution in [0.15, 0.2) is 0 Å². The fourth-order valence-electron chi connectivity index (χ4n) is 3.25. The number of rotatable bonds is 5. The van der Waals surface area contributed by atoms with Gasteiger partial charge in [0.25, 0.3) is 0 Å². The summed E-state index contributed by atoms with van der Waals surface area (Å²) in [6.07, 6.45) is 8.28. The van der Waals surface area contributed by atoms with Gasteiger partial charge in [-0.15, -0.1) is 0 Å². The van der Waals surface area contributed by atoms with Crippen molar-refractivity contribution in [2.45, 2.75) is 64.9 Å². The molecule has 0 unspecified atom stereocenters. The van der Waals surface area contributed by atoms with Crippen LogP contribution >= 0.6 is 0 Å². The molecular weight excluding hydrogens is 212 g/mol. The monoisotopic (exact) mass is 238 g/mol. The number of ketones is 1. The Morgan fingerprint density at radius 2 is 1.82 bits per heavy atom. The van der Waals surface area contributed by atoms with E-state index in [1.54, 1.807) is 0 Å². The molecule has 0 aromatic heterocycles. The molecule has 2 fully saturated rings. The summed E-state index contributed by atoms with van der Waals surface area (Å²) in [4.78, 5) is 12.1. The van der Waals surface area contributed by atoms with E-state index < -0.39 is 0 Å². The van der Waals surface area contributed by atoms with Crippen LogP contribution in [0.25, 0.3) is 0 Å². The molecule has 2 nitrogen and oxygen atoms in total. The Balaban J connectivity index is 1.65. The van der Waals surface area contributed by atoms with E-state index in [0.717, 1.165) is 44.6 Å². The largest absolute Gasteiger partial charge is 0.378 e. The molecule has 0 saturated heterocycles. The molecule has 2 rings (SSSR count). The first kappa shape index (κ1) is 13.1. The van der Waals surface area contributed by atoms with Crippen LogP contribution in [0.3, 0.4) is 0 Å². The molecule has 0 amide bonds. The molecule has 0 radical (unpaired) electrons. The molecule has 2 heteroatoms. The summed E-state index contributed by atoms with van der Waals surface area (Å²) in [5.74, 6) is 2.39. The number of hydrogen-bond acceptors (Lipinski definition) is 2. The third-order valence-electron chi connectivity index (χ3n) is 4.56. The van der Waals surface area contributed by atoms with Crippen molar-refractivity contribution in [3.8, 4) is 0 Å². The maximum Gasteiger partial charge on any atom is 0.136 e. The van der Waals surface area contributed by atoms with Crippen molar-refractivity contribution >= 4 is 5.78 Å². The standard InChI is InChI=1S/C15H26O2/c1-3-17-14-8-12(9-14)10-15(16)13-6-4-11(2)5-7-13/h11-14H,3-10H2,1-2H3. The van der Waals surface area contributed by atoms with E-state index in [4.69, 9.17) is 4.74 Å². The third-order valence-corrected chi connectivity index (χ3v) is 4.56. The molecule has 2 saturated carbocycles. The first-order chi connectivity index (χ1) is 8.19. The molecule has 17 heavy (non-hydrogen) atoms. The van der Waals surface area contributed by atoms with Crippen LogP contribution in [0.2, 0.25) is 0 Å². The summed E-state index contributed by atoms with van der Waals surface area (Å²) in [5.41, 5.74) is 0. The van der Waals surface area contributed by atoms with E-state index in [9.17, 15) is 4.79 Å². The highest BCUT2D eigenvalue weighted by Crippen LogP contribution is 2.36. The molecular formula is C15H26O2. The van der Waals surface area contributed by atoms with E-state index in [0.29, 0.717) is 23.7 Å².